The molecule has 1 aliphatic rings. The van der Waals surface area contributed by atoms with Gasteiger partial charge in [0.1, 0.15) is 12.1 Å². The Balaban J connectivity index is 2.75. The summed E-state index contributed by atoms with van der Waals surface area (Å²) in [4.78, 5) is 37.1. The van der Waals surface area contributed by atoms with Crippen LogP contribution in [0.4, 0.5) is 5.69 Å². The molecule has 0 aromatic heterocycles. The highest BCUT2D eigenvalue weighted by Crippen LogP contribution is 2.41. The number of carbonyl (C=O) groups excluding carboxylic acids is 2. The Morgan fingerprint density at radius 2 is 1.88 bits per heavy atom. The molecule has 0 fully saturated rings. The zero-order chi connectivity index (χ0) is 25.3. The Hall–Kier alpha value is -2.69. The quantitative estimate of drug-likeness (QED) is 0.151. The number of benzene rings is 1. The van der Waals surface area contributed by atoms with Crippen molar-refractivity contribution in [2.24, 2.45) is 0 Å². The number of nitrogens with one attached hydrogen (secondary N) is 1. The van der Waals surface area contributed by atoms with E-state index < -0.39 is 34.6 Å². The molecule has 1 heterocycles. The van der Waals surface area contributed by atoms with Gasteiger partial charge in [-0.05, 0) is 39.7 Å². The number of nitro benzene ring substituents is 1. The molecule has 1 aromatic rings. The third kappa shape index (κ3) is 6.46. The van der Waals surface area contributed by atoms with Crippen LogP contribution in [0.1, 0.15) is 45.6 Å². The SMILES string of the molecule is CCOC(=O)C1=C(C(OCC)OCC)NC(C)(C(=O)OCCCl)CC1c1cccc([N+](=O)[O-])c1. The van der Waals surface area contributed by atoms with Crippen molar-refractivity contribution in [2.45, 2.75) is 51.9 Å². The lowest BCUT2D eigenvalue weighted by molar-refractivity contribution is -0.384. The van der Waals surface area contributed by atoms with Crippen molar-refractivity contribution in [3.63, 3.8) is 0 Å². The van der Waals surface area contributed by atoms with Gasteiger partial charge in [-0.2, -0.15) is 0 Å². The Kier molecular flexibility index (Phi) is 10.3. The van der Waals surface area contributed by atoms with Crippen LogP contribution < -0.4 is 5.32 Å². The zero-order valence-corrected chi connectivity index (χ0v) is 20.6. The van der Waals surface area contributed by atoms with Crippen molar-refractivity contribution < 1.29 is 33.5 Å². The van der Waals surface area contributed by atoms with Gasteiger partial charge in [0.15, 0.2) is 6.29 Å². The second kappa shape index (κ2) is 12.7. The molecule has 1 N–H and O–H groups in total. The lowest BCUT2D eigenvalue weighted by Crippen LogP contribution is -2.57. The summed E-state index contributed by atoms with van der Waals surface area (Å²) >= 11 is 5.69. The molecular formula is C23H31ClN2O8. The van der Waals surface area contributed by atoms with Gasteiger partial charge in [0.2, 0.25) is 0 Å². The van der Waals surface area contributed by atoms with Crippen molar-refractivity contribution in [2.75, 3.05) is 32.3 Å². The maximum absolute atomic E-state index is 13.2. The third-order valence-corrected chi connectivity index (χ3v) is 5.43. The van der Waals surface area contributed by atoms with Crippen LogP contribution in [0.2, 0.25) is 0 Å². The normalized spacial score (nSPS) is 20.1. The average Bonchev–Trinajstić information content (AvgIpc) is 2.82. The monoisotopic (exact) mass is 498 g/mol. The highest BCUT2D eigenvalue weighted by atomic mass is 35.5. The Morgan fingerprint density at radius 1 is 1.21 bits per heavy atom. The minimum Gasteiger partial charge on any atom is -0.463 e. The van der Waals surface area contributed by atoms with E-state index >= 15 is 0 Å². The number of ether oxygens (including phenoxy) is 4. The van der Waals surface area contributed by atoms with Gasteiger partial charge in [0.25, 0.3) is 5.69 Å². The van der Waals surface area contributed by atoms with E-state index in [9.17, 15) is 19.7 Å². The predicted octanol–water partition coefficient (Wildman–Crippen LogP) is 3.43. The smallest absolute Gasteiger partial charge is 0.336 e. The number of esters is 2. The molecule has 188 valence electrons. The fourth-order valence-electron chi connectivity index (χ4n) is 3.84. The largest absolute Gasteiger partial charge is 0.463 e. The zero-order valence-electron chi connectivity index (χ0n) is 19.8. The number of rotatable bonds is 12. The number of non-ortho nitro benzene ring substituents is 1. The first-order valence-electron chi connectivity index (χ1n) is 11.1. The molecule has 0 saturated carbocycles. The first-order valence-corrected chi connectivity index (χ1v) is 11.7. The van der Waals surface area contributed by atoms with E-state index in [0.717, 1.165) is 0 Å². The van der Waals surface area contributed by atoms with Crippen molar-refractivity contribution in [1.29, 1.82) is 0 Å². The van der Waals surface area contributed by atoms with Crippen LogP contribution in [0.15, 0.2) is 35.5 Å². The number of nitro groups is 1. The molecule has 0 aliphatic carbocycles. The molecule has 34 heavy (non-hydrogen) atoms. The van der Waals surface area contributed by atoms with E-state index in [1.54, 1.807) is 33.8 Å². The van der Waals surface area contributed by atoms with Gasteiger partial charge in [0, 0.05) is 31.3 Å². The molecule has 0 bridgehead atoms. The van der Waals surface area contributed by atoms with Crippen molar-refractivity contribution in [1.82, 2.24) is 5.32 Å². The molecule has 0 spiro atoms. The summed E-state index contributed by atoms with van der Waals surface area (Å²) in [5.41, 5.74) is -0.580. The molecule has 2 rings (SSSR count). The van der Waals surface area contributed by atoms with Crippen LogP contribution in [-0.4, -0.2) is 61.0 Å². The van der Waals surface area contributed by atoms with Crippen LogP contribution in [0.3, 0.4) is 0 Å². The van der Waals surface area contributed by atoms with Crippen LogP contribution >= 0.6 is 11.6 Å². The third-order valence-electron chi connectivity index (χ3n) is 5.27. The number of nitrogens with zero attached hydrogens (tertiary/aromatic N) is 1. The summed E-state index contributed by atoms with van der Waals surface area (Å²) in [5, 5.41) is 14.5. The lowest BCUT2D eigenvalue weighted by Gasteiger charge is -2.41. The second-order valence-corrected chi connectivity index (χ2v) is 8.06. The van der Waals surface area contributed by atoms with E-state index in [-0.39, 0.29) is 55.7 Å². The molecule has 1 aromatic carbocycles. The molecular weight excluding hydrogens is 468 g/mol. The molecule has 0 saturated heterocycles. The van der Waals surface area contributed by atoms with Gasteiger partial charge >= 0.3 is 11.9 Å². The topological polar surface area (TPSA) is 126 Å². The minimum atomic E-state index is -1.31. The fraction of sp³-hybridized carbons (Fsp3) is 0.565. The Bertz CT molecular complexity index is 916. The van der Waals surface area contributed by atoms with Crippen LogP contribution in [0, 0.1) is 10.1 Å². The van der Waals surface area contributed by atoms with Gasteiger partial charge < -0.3 is 24.3 Å². The summed E-state index contributed by atoms with van der Waals surface area (Å²) in [5.74, 6) is -1.85. The molecule has 1 aliphatic heterocycles. The van der Waals surface area contributed by atoms with E-state index in [0.29, 0.717) is 5.56 Å². The van der Waals surface area contributed by atoms with Gasteiger partial charge in [-0.15, -0.1) is 11.6 Å². The van der Waals surface area contributed by atoms with Gasteiger partial charge in [-0.3, -0.25) is 10.1 Å². The second-order valence-electron chi connectivity index (χ2n) is 7.68. The van der Waals surface area contributed by atoms with E-state index in [4.69, 9.17) is 30.5 Å². The summed E-state index contributed by atoms with van der Waals surface area (Å²) in [6.45, 7) is 7.49. The van der Waals surface area contributed by atoms with Crippen LogP contribution in [-0.2, 0) is 28.5 Å². The number of carbonyl (C=O) groups is 2. The molecule has 11 heteroatoms. The number of halogens is 1. The minimum absolute atomic E-state index is 0.00324. The average molecular weight is 499 g/mol. The fourth-order valence-corrected chi connectivity index (χ4v) is 3.92. The number of alkyl halides is 1. The summed E-state index contributed by atoms with van der Waals surface area (Å²) in [6.07, 6.45) is -0.936. The van der Waals surface area contributed by atoms with Crippen LogP contribution in [0.25, 0.3) is 0 Å². The van der Waals surface area contributed by atoms with Crippen molar-refractivity contribution in [3.05, 3.63) is 51.2 Å². The highest BCUT2D eigenvalue weighted by Gasteiger charge is 2.48. The van der Waals surface area contributed by atoms with Crippen molar-refractivity contribution in [3.8, 4) is 0 Å². The van der Waals surface area contributed by atoms with E-state index in [1.807, 2.05) is 0 Å². The van der Waals surface area contributed by atoms with E-state index in [2.05, 4.69) is 5.32 Å². The van der Waals surface area contributed by atoms with Gasteiger partial charge in [-0.25, -0.2) is 9.59 Å². The highest BCUT2D eigenvalue weighted by molar-refractivity contribution is 6.18. The number of hydrogen-bond donors (Lipinski definition) is 1. The standard InChI is InChI=1S/C23H31ClN2O8/c1-5-31-20(27)18-17(15-9-8-10-16(13-15)26(29)30)14-23(4,22(28)34-12-11-24)25-19(18)21(32-6-2)33-7-3/h8-10,13,17,21,25H,5-7,11-12,14H2,1-4H3. The maximum Gasteiger partial charge on any atom is 0.336 e. The summed E-state index contributed by atoms with van der Waals surface area (Å²) < 4.78 is 22.1. The van der Waals surface area contributed by atoms with Gasteiger partial charge in [0.05, 0.1) is 28.7 Å². The maximum atomic E-state index is 13.2. The Morgan fingerprint density at radius 3 is 2.44 bits per heavy atom. The predicted molar refractivity (Wildman–Crippen MR) is 124 cm³/mol. The first kappa shape index (κ1) is 27.6. The molecule has 2 atom stereocenters. The molecule has 0 radical (unpaired) electrons. The van der Waals surface area contributed by atoms with Crippen molar-refractivity contribution >= 4 is 29.2 Å². The summed E-state index contributed by atoms with van der Waals surface area (Å²) in [6, 6.07) is 5.94. The van der Waals surface area contributed by atoms with Gasteiger partial charge in [-0.1, -0.05) is 12.1 Å². The number of hydrogen-bond acceptors (Lipinski definition) is 9. The van der Waals surface area contributed by atoms with E-state index in [1.165, 1.54) is 18.2 Å². The first-order chi connectivity index (χ1) is 16.2. The molecule has 10 nitrogen and oxygen atoms in total. The summed E-state index contributed by atoms with van der Waals surface area (Å²) in [7, 11) is 0. The Labute approximate surface area is 203 Å². The molecule has 2 unspecified atom stereocenters. The lowest BCUT2D eigenvalue weighted by atomic mass is 9.75. The van der Waals surface area contributed by atoms with Crippen LogP contribution in [0.5, 0.6) is 0 Å². The molecule has 0 amide bonds.